The number of rotatable bonds is 7. The first kappa shape index (κ1) is 23.8. The van der Waals surface area contributed by atoms with Crippen LogP contribution < -0.4 is 14.8 Å². The number of thiazole rings is 1. The van der Waals surface area contributed by atoms with Gasteiger partial charge >= 0.3 is 0 Å². The molecule has 0 radical (unpaired) electrons. The van der Waals surface area contributed by atoms with Crippen LogP contribution in [-0.4, -0.2) is 56.3 Å². The number of anilines is 1. The molecule has 10 heteroatoms. The van der Waals surface area contributed by atoms with Crippen LogP contribution >= 0.6 is 11.3 Å². The monoisotopic (exact) mass is 513 g/mol. The van der Waals surface area contributed by atoms with Gasteiger partial charge in [0, 0.05) is 36.0 Å². The SMILES string of the molecule is O=C(CNc1nc(-c2ccc3c(c2)OCCCO3)cs1)c1ccc(S(=O)(=O)N2CCCCC2)cc1. The maximum Gasteiger partial charge on any atom is 0.243 e. The van der Waals surface area contributed by atoms with E-state index in [2.05, 4.69) is 10.3 Å². The van der Waals surface area contributed by atoms with E-state index < -0.39 is 10.0 Å². The molecule has 0 unspecified atom stereocenters. The third-order valence-electron chi connectivity index (χ3n) is 6.08. The fourth-order valence-electron chi connectivity index (χ4n) is 4.14. The number of carbonyl (C=O) groups excluding carboxylic acids is 1. The second-order valence-electron chi connectivity index (χ2n) is 8.52. The van der Waals surface area contributed by atoms with E-state index in [1.807, 2.05) is 23.6 Å². The molecule has 184 valence electrons. The molecule has 35 heavy (non-hydrogen) atoms. The molecule has 8 nitrogen and oxygen atoms in total. The molecule has 0 atom stereocenters. The normalized spacial score (nSPS) is 16.5. The third-order valence-corrected chi connectivity index (χ3v) is 8.79. The minimum Gasteiger partial charge on any atom is -0.490 e. The number of sulfonamides is 1. The fraction of sp³-hybridized carbons (Fsp3) is 0.360. The number of Topliss-reactive ketones (excluding diaryl/α,β-unsaturated/α-hetero) is 1. The number of ether oxygens (including phenoxy) is 2. The van der Waals surface area contributed by atoms with E-state index in [9.17, 15) is 13.2 Å². The molecule has 1 saturated heterocycles. The number of fused-ring (bicyclic) bond motifs is 1. The van der Waals surface area contributed by atoms with Crippen LogP contribution in [0.4, 0.5) is 5.13 Å². The molecule has 1 fully saturated rings. The minimum absolute atomic E-state index is 0.0618. The number of ketones is 1. The lowest BCUT2D eigenvalue weighted by molar-refractivity contribution is 0.101. The van der Waals surface area contributed by atoms with Crippen molar-refractivity contribution in [1.29, 1.82) is 0 Å². The largest absolute Gasteiger partial charge is 0.490 e. The number of nitrogens with one attached hydrogen (secondary N) is 1. The van der Waals surface area contributed by atoms with Crippen molar-refractivity contribution in [2.24, 2.45) is 0 Å². The van der Waals surface area contributed by atoms with Gasteiger partial charge in [-0.15, -0.1) is 11.3 Å². The van der Waals surface area contributed by atoms with Crippen LogP contribution in [0.3, 0.4) is 0 Å². The summed E-state index contributed by atoms with van der Waals surface area (Å²) in [6.45, 7) is 2.42. The van der Waals surface area contributed by atoms with Gasteiger partial charge in [0.15, 0.2) is 22.4 Å². The number of piperidine rings is 1. The molecule has 3 aromatic rings. The second-order valence-corrected chi connectivity index (χ2v) is 11.3. The molecule has 2 aromatic carbocycles. The number of nitrogens with zero attached hydrogens (tertiary/aromatic N) is 2. The first-order valence-electron chi connectivity index (χ1n) is 11.7. The van der Waals surface area contributed by atoms with Crippen LogP contribution in [-0.2, 0) is 10.0 Å². The second kappa shape index (κ2) is 10.3. The number of hydrogen-bond acceptors (Lipinski definition) is 8. The Kier molecular flexibility index (Phi) is 7.03. The van der Waals surface area contributed by atoms with Gasteiger partial charge in [0.25, 0.3) is 0 Å². The lowest BCUT2D eigenvalue weighted by Gasteiger charge is -2.25. The lowest BCUT2D eigenvalue weighted by Crippen LogP contribution is -2.35. The van der Waals surface area contributed by atoms with Gasteiger partial charge < -0.3 is 14.8 Å². The van der Waals surface area contributed by atoms with Gasteiger partial charge in [0.05, 0.1) is 30.3 Å². The van der Waals surface area contributed by atoms with E-state index in [0.29, 0.717) is 42.7 Å². The van der Waals surface area contributed by atoms with Gasteiger partial charge in [-0.1, -0.05) is 6.42 Å². The Morgan fingerprint density at radius 2 is 1.71 bits per heavy atom. The zero-order valence-electron chi connectivity index (χ0n) is 19.2. The highest BCUT2D eigenvalue weighted by Crippen LogP contribution is 2.35. The smallest absolute Gasteiger partial charge is 0.243 e. The summed E-state index contributed by atoms with van der Waals surface area (Å²) < 4.78 is 38.6. The van der Waals surface area contributed by atoms with Crippen molar-refractivity contribution >= 4 is 32.3 Å². The van der Waals surface area contributed by atoms with E-state index >= 15 is 0 Å². The summed E-state index contributed by atoms with van der Waals surface area (Å²) in [4.78, 5) is 17.5. The highest BCUT2D eigenvalue weighted by atomic mass is 32.2. The number of benzene rings is 2. The minimum atomic E-state index is -3.51. The van der Waals surface area contributed by atoms with Crippen molar-refractivity contribution in [2.75, 3.05) is 38.2 Å². The molecule has 1 aromatic heterocycles. The molecule has 1 N–H and O–H groups in total. The van der Waals surface area contributed by atoms with Crippen molar-refractivity contribution in [3.8, 4) is 22.8 Å². The Balaban J connectivity index is 1.21. The molecular formula is C25H27N3O5S2. The molecule has 3 heterocycles. The maximum atomic E-state index is 12.8. The van der Waals surface area contributed by atoms with Gasteiger partial charge in [-0.3, -0.25) is 4.79 Å². The number of aromatic nitrogens is 1. The average Bonchev–Trinajstić information content (AvgIpc) is 3.25. The van der Waals surface area contributed by atoms with Crippen LogP contribution in [0.2, 0.25) is 0 Å². The van der Waals surface area contributed by atoms with Crippen molar-refractivity contribution < 1.29 is 22.7 Å². The quantitative estimate of drug-likeness (QED) is 0.467. The van der Waals surface area contributed by atoms with Crippen LogP contribution in [0.1, 0.15) is 36.0 Å². The van der Waals surface area contributed by atoms with E-state index in [1.165, 1.54) is 27.8 Å². The molecule has 0 bridgehead atoms. The standard InChI is InChI=1S/C25H27N3O5S2/c29-22(18-5-8-20(9-6-18)35(30,31)28-11-2-1-3-12-28)16-26-25-27-21(17-34-25)19-7-10-23-24(15-19)33-14-4-13-32-23/h5-10,15,17H,1-4,11-14,16H2,(H,26,27). The van der Waals surface area contributed by atoms with Crippen molar-refractivity contribution in [3.05, 3.63) is 53.4 Å². The van der Waals surface area contributed by atoms with Crippen molar-refractivity contribution in [3.63, 3.8) is 0 Å². The number of hydrogen-bond donors (Lipinski definition) is 1. The Hall–Kier alpha value is -2.95. The molecular weight excluding hydrogens is 486 g/mol. The third kappa shape index (κ3) is 5.34. The fourth-order valence-corrected chi connectivity index (χ4v) is 6.37. The van der Waals surface area contributed by atoms with Crippen LogP contribution in [0.5, 0.6) is 11.5 Å². The van der Waals surface area contributed by atoms with Crippen LogP contribution in [0, 0.1) is 0 Å². The summed E-state index contributed by atoms with van der Waals surface area (Å²) in [6, 6.07) is 11.9. The van der Waals surface area contributed by atoms with E-state index in [1.54, 1.807) is 12.1 Å². The van der Waals surface area contributed by atoms with Gasteiger partial charge in [0.2, 0.25) is 10.0 Å². The van der Waals surface area contributed by atoms with Crippen molar-refractivity contribution in [1.82, 2.24) is 9.29 Å². The van der Waals surface area contributed by atoms with Gasteiger partial charge in [-0.25, -0.2) is 13.4 Å². The Morgan fingerprint density at radius 1 is 0.971 bits per heavy atom. The Labute approximate surface area is 209 Å². The molecule has 0 amide bonds. The summed E-state index contributed by atoms with van der Waals surface area (Å²) in [5, 5.41) is 5.63. The molecule has 0 aliphatic carbocycles. The zero-order valence-corrected chi connectivity index (χ0v) is 20.9. The predicted molar refractivity (Wildman–Crippen MR) is 135 cm³/mol. The predicted octanol–water partition coefficient (Wildman–Crippen LogP) is 4.44. The van der Waals surface area contributed by atoms with E-state index in [-0.39, 0.29) is 17.2 Å². The number of carbonyl (C=O) groups is 1. The lowest BCUT2D eigenvalue weighted by atomic mass is 10.1. The topological polar surface area (TPSA) is 97.8 Å². The van der Waals surface area contributed by atoms with Crippen molar-refractivity contribution in [2.45, 2.75) is 30.6 Å². The first-order chi connectivity index (χ1) is 17.0. The Bertz CT molecular complexity index is 1300. The highest BCUT2D eigenvalue weighted by Gasteiger charge is 2.26. The summed E-state index contributed by atoms with van der Waals surface area (Å²) in [5.74, 6) is 1.31. The van der Waals surface area contributed by atoms with Gasteiger partial charge in [-0.2, -0.15) is 4.31 Å². The maximum absolute atomic E-state index is 12.8. The summed E-state index contributed by atoms with van der Waals surface area (Å²) in [5.41, 5.74) is 2.15. The highest BCUT2D eigenvalue weighted by molar-refractivity contribution is 7.89. The van der Waals surface area contributed by atoms with Crippen LogP contribution in [0.25, 0.3) is 11.3 Å². The van der Waals surface area contributed by atoms with E-state index in [0.717, 1.165) is 42.7 Å². The van der Waals surface area contributed by atoms with E-state index in [4.69, 9.17) is 9.47 Å². The summed E-state index contributed by atoms with van der Waals surface area (Å²) >= 11 is 1.41. The molecule has 0 spiro atoms. The molecule has 5 rings (SSSR count). The first-order valence-corrected chi connectivity index (χ1v) is 14.1. The molecule has 0 saturated carbocycles. The van der Waals surface area contributed by atoms with Gasteiger partial charge in [0.1, 0.15) is 0 Å². The molecule has 2 aliphatic heterocycles. The zero-order chi connectivity index (χ0) is 24.3. The molecule has 2 aliphatic rings. The Morgan fingerprint density at radius 3 is 2.49 bits per heavy atom. The summed E-state index contributed by atoms with van der Waals surface area (Å²) in [7, 11) is -3.51. The van der Waals surface area contributed by atoms with Crippen LogP contribution in [0.15, 0.2) is 52.7 Å². The van der Waals surface area contributed by atoms with Gasteiger partial charge in [-0.05, 0) is 55.3 Å². The summed E-state index contributed by atoms with van der Waals surface area (Å²) in [6.07, 6.45) is 3.67. The average molecular weight is 514 g/mol.